The number of aromatic nitrogens is 5. The van der Waals surface area contributed by atoms with Gasteiger partial charge >= 0.3 is 0 Å². The summed E-state index contributed by atoms with van der Waals surface area (Å²) >= 11 is 6.83. The molecule has 10 heteroatoms. The number of rotatable bonds is 6. The second-order valence-electron chi connectivity index (χ2n) is 3.93. The number of sulfone groups is 1. The summed E-state index contributed by atoms with van der Waals surface area (Å²) in [7, 11) is -3.34. The first kappa shape index (κ1) is 14.4. The van der Waals surface area contributed by atoms with E-state index in [1.165, 1.54) is 10.9 Å². The van der Waals surface area contributed by atoms with Crippen molar-refractivity contribution in [2.24, 2.45) is 0 Å². The minimum atomic E-state index is -3.34. The van der Waals surface area contributed by atoms with Gasteiger partial charge in [-0.25, -0.2) is 18.1 Å². The molecule has 0 spiro atoms. The maximum atomic E-state index is 12.1. The van der Waals surface area contributed by atoms with E-state index in [1.807, 2.05) is 6.92 Å². The van der Waals surface area contributed by atoms with E-state index in [0.29, 0.717) is 21.7 Å². The maximum Gasteiger partial charge on any atom is 0.183 e. The first-order chi connectivity index (χ1) is 9.00. The third kappa shape index (κ3) is 3.95. The Morgan fingerprint density at radius 2 is 2.21 bits per heavy atom. The number of thiazole rings is 1. The summed E-state index contributed by atoms with van der Waals surface area (Å²) in [6, 6.07) is 0. The number of hydrogen-bond donors (Lipinski definition) is 0. The highest BCUT2D eigenvalue weighted by atomic mass is 35.5. The molecule has 104 valence electrons. The van der Waals surface area contributed by atoms with Gasteiger partial charge in [0.2, 0.25) is 0 Å². The van der Waals surface area contributed by atoms with Crippen molar-refractivity contribution in [3.05, 3.63) is 21.4 Å². The van der Waals surface area contributed by atoms with Crippen molar-refractivity contribution in [2.45, 2.75) is 31.4 Å². The predicted octanol–water partition coefficient (Wildman–Crippen LogP) is 1.31. The minimum absolute atomic E-state index is 0.101. The molecular weight excluding hydrogens is 310 g/mol. The Kier molecular flexibility index (Phi) is 4.48. The van der Waals surface area contributed by atoms with Crippen molar-refractivity contribution < 1.29 is 8.42 Å². The number of hydrogen-bond acceptors (Lipinski definition) is 7. The highest BCUT2D eigenvalue weighted by Crippen LogP contribution is 2.21. The van der Waals surface area contributed by atoms with Crippen molar-refractivity contribution in [1.29, 1.82) is 0 Å². The maximum absolute atomic E-state index is 12.1. The predicted molar refractivity (Wildman–Crippen MR) is 71.6 cm³/mol. The van der Waals surface area contributed by atoms with Crippen LogP contribution in [-0.2, 0) is 27.9 Å². The quantitative estimate of drug-likeness (QED) is 0.796. The van der Waals surface area contributed by atoms with Crippen LogP contribution in [0, 0.1) is 0 Å². The smallest absolute Gasteiger partial charge is 0.183 e. The topological polar surface area (TPSA) is 90.6 Å². The molecule has 0 fully saturated rings. The van der Waals surface area contributed by atoms with Gasteiger partial charge in [0.05, 0.1) is 5.75 Å². The zero-order chi connectivity index (χ0) is 13.9. The fourth-order valence-electron chi connectivity index (χ4n) is 1.53. The van der Waals surface area contributed by atoms with Gasteiger partial charge < -0.3 is 0 Å². The van der Waals surface area contributed by atoms with Gasteiger partial charge in [-0.1, -0.05) is 18.5 Å². The van der Waals surface area contributed by atoms with Crippen LogP contribution in [0.25, 0.3) is 0 Å². The Balaban J connectivity index is 2.10. The van der Waals surface area contributed by atoms with Crippen molar-refractivity contribution in [3.63, 3.8) is 0 Å². The summed E-state index contributed by atoms with van der Waals surface area (Å²) in [5, 5.41) is 11.0. The fourth-order valence-corrected chi connectivity index (χ4v) is 4.28. The molecule has 0 aliphatic rings. The minimum Gasteiger partial charge on any atom is -0.233 e. The summed E-state index contributed by atoms with van der Waals surface area (Å²) in [6.45, 7) is 2.57. The molecule has 2 rings (SSSR count). The Morgan fingerprint density at radius 3 is 2.84 bits per heavy atom. The average Bonchev–Trinajstić information content (AvgIpc) is 2.89. The SMILES string of the molecule is CCCn1nnnc1CS(=O)(=O)Cc1cnc(Cl)s1. The highest BCUT2D eigenvalue weighted by molar-refractivity contribution is 7.89. The van der Waals surface area contributed by atoms with Crippen molar-refractivity contribution in [2.75, 3.05) is 0 Å². The first-order valence-corrected chi connectivity index (χ1v) is 8.57. The molecule has 0 bridgehead atoms. The largest absolute Gasteiger partial charge is 0.233 e. The van der Waals surface area contributed by atoms with Crippen molar-refractivity contribution in [1.82, 2.24) is 25.2 Å². The van der Waals surface area contributed by atoms with E-state index in [1.54, 1.807) is 0 Å². The van der Waals surface area contributed by atoms with Gasteiger partial charge in [0, 0.05) is 17.6 Å². The Labute approximate surface area is 119 Å². The zero-order valence-electron chi connectivity index (χ0n) is 10.2. The third-order valence-corrected chi connectivity index (χ3v) is 5.02. The lowest BCUT2D eigenvalue weighted by atomic mass is 10.5. The van der Waals surface area contributed by atoms with E-state index in [4.69, 9.17) is 11.6 Å². The number of tetrazole rings is 1. The molecule has 0 aliphatic heterocycles. The van der Waals surface area contributed by atoms with Crippen LogP contribution in [0.5, 0.6) is 0 Å². The molecule has 2 aromatic heterocycles. The molecule has 2 heterocycles. The van der Waals surface area contributed by atoms with Gasteiger partial charge in [-0.05, 0) is 16.8 Å². The van der Waals surface area contributed by atoms with Crippen LogP contribution in [-0.4, -0.2) is 33.6 Å². The van der Waals surface area contributed by atoms with E-state index < -0.39 is 9.84 Å². The molecule has 0 aliphatic carbocycles. The Bertz CT molecular complexity index is 651. The molecule has 0 unspecified atom stereocenters. The molecule has 19 heavy (non-hydrogen) atoms. The fraction of sp³-hybridized carbons (Fsp3) is 0.556. The van der Waals surface area contributed by atoms with Crippen LogP contribution in [0.2, 0.25) is 4.47 Å². The van der Waals surface area contributed by atoms with Gasteiger partial charge in [0.15, 0.2) is 20.1 Å². The Morgan fingerprint density at radius 1 is 1.42 bits per heavy atom. The van der Waals surface area contributed by atoms with Crippen LogP contribution in [0.4, 0.5) is 0 Å². The summed E-state index contributed by atoms with van der Waals surface area (Å²) in [6.07, 6.45) is 2.31. The average molecular weight is 322 g/mol. The first-order valence-electron chi connectivity index (χ1n) is 5.56. The number of nitrogens with zero attached hydrogens (tertiary/aromatic N) is 5. The second kappa shape index (κ2) is 5.93. The van der Waals surface area contributed by atoms with Crippen LogP contribution < -0.4 is 0 Å². The lowest BCUT2D eigenvalue weighted by Crippen LogP contribution is -2.13. The number of aryl methyl sites for hydroxylation is 1. The highest BCUT2D eigenvalue weighted by Gasteiger charge is 2.19. The second-order valence-corrected chi connectivity index (χ2v) is 7.69. The van der Waals surface area contributed by atoms with Crippen LogP contribution in [0.1, 0.15) is 24.0 Å². The van der Waals surface area contributed by atoms with E-state index >= 15 is 0 Å². The van der Waals surface area contributed by atoms with Crippen molar-refractivity contribution in [3.8, 4) is 0 Å². The summed E-state index contributed by atoms with van der Waals surface area (Å²) in [5.41, 5.74) is 0. The summed E-state index contributed by atoms with van der Waals surface area (Å²) in [4.78, 5) is 4.43. The molecule has 0 saturated heterocycles. The molecule has 7 nitrogen and oxygen atoms in total. The van der Waals surface area contributed by atoms with Gasteiger partial charge in [-0.3, -0.25) is 0 Å². The molecule has 0 saturated carbocycles. The van der Waals surface area contributed by atoms with Crippen LogP contribution >= 0.6 is 22.9 Å². The molecule has 0 radical (unpaired) electrons. The third-order valence-electron chi connectivity index (χ3n) is 2.28. The Hall–Kier alpha value is -1.06. The van der Waals surface area contributed by atoms with Gasteiger partial charge in [-0.2, -0.15) is 0 Å². The van der Waals surface area contributed by atoms with Gasteiger partial charge in [-0.15, -0.1) is 16.4 Å². The summed E-state index contributed by atoms with van der Waals surface area (Å²) in [5.74, 6) is 0.0729. The lowest BCUT2D eigenvalue weighted by Gasteiger charge is -2.03. The normalized spacial score (nSPS) is 11.9. The van der Waals surface area contributed by atoms with Gasteiger partial charge in [0.25, 0.3) is 0 Å². The van der Waals surface area contributed by atoms with E-state index in [2.05, 4.69) is 20.5 Å². The van der Waals surface area contributed by atoms with E-state index in [9.17, 15) is 8.42 Å². The van der Waals surface area contributed by atoms with E-state index in [0.717, 1.165) is 17.8 Å². The summed E-state index contributed by atoms with van der Waals surface area (Å²) < 4.78 is 26.0. The molecular formula is C9H12ClN5O2S2. The molecule has 0 atom stereocenters. The van der Waals surface area contributed by atoms with Crippen LogP contribution in [0.15, 0.2) is 6.20 Å². The molecule has 2 aromatic rings. The van der Waals surface area contributed by atoms with Crippen molar-refractivity contribution >= 4 is 32.8 Å². The van der Waals surface area contributed by atoms with E-state index in [-0.39, 0.29) is 11.5 Å². The molecule has 0 N–H and O–H groups in total. The van der Waals surface area contributed by atoms with Gasteiger partial charge in [0.1, 0.15) is 5.75 Å². The van der Waals surface area contributed by atoms with Crippen LogP contribution in [0.3, 0.4) is 0 Å². The number of halogens is 1. The monoisotopic (exact) mass is 321 g/mol. The standard InChI is InChI=1S/C9H12ClN5O2S2/c1-2-3-15-8(12-13-14-15)6-19(16,17)5-7-4-11-9(10)18-7/h4H,2-3,5-6H2,1H3. The molecule has 0 aromatic carbocycles. The lowest BCUT2D eigenvalue weighted by molar-refractivity contribution is 0.555. The zero-order valence-corrected chi connectivity index (χ0v) is 12.5. The molecule has 0 amide bonds.